The van der Waals surface area contributed by atoms with Gasteiger partial charge in [-0.15, -0.1) is 0 Å². The van der Waals surface area contributed by atoms with Crippen LogP contribution in [-0.2, 0) is 10.0 Å². The number of primary sulfonamides is 1. The van der Waals surface area contributed by atoms with Crippen LogP contribution in [0.25, 0.3) is 0 Å². The summed E-state index contributed by atoms with van der Waals surface area (Å²) < 4.78 is 22.3. The van der Waals surface area contributed by atoms with Crippen LogP contribution in [0.1, 0.15) is 12.8 Å². The molecular weight excluding hydrogens is 242 g/mol. The van der Waals surface area contributed by atoms with Crippen molar-refractivity contribution in [3.63, 3.8) is 0 Å². The molecule has 0 fully saturated rings. The third kappa shape index (κ3) is 4.59. The Hall–Kier alpha value is -1.31. The molecule has 6 nitrogen and oxygen atoms in total. The van der Waals surface area contributed by atoms with Crippen molar-refractivity contribution in [1.82, 2.24) is 0 Å². The van der Waals surface area contributed by atoms with Crippen molar-refractivity contribution in [2.75, 3.05) is 24.2 Å². The molecule has 0 saturated carbocycles. The van der Waals surface area contributed by atoms with E-state index in [1.807, 2.05) is 0 Å². The molecule has 0 radical (unpaired) electrons. The molecular formula is C10H17N3O3S. The lowest BCUT2D eigenvalue weighted by Crippen LogP contribution is -2.13. The minimum Gasteiger partial charge on any atom is -0.399 e. The predicted octanol–water partition coefficient (Wildman–Crippen LogP) is 0.101. The zero-order valence-corrected chi connectivity index (χ0v) is 10.2. The van der Waals surface area contributed by atoms with Crippen LogP contribution >= 0.6 is 0 Å². The van der Waals surface area contributed by atoms with Crippen molar-refractivity contribution in [2.45, 2.75) is 17.7 Å². The molecule has 0 spiro atoms. The summed E-state index contributed by atoms with van der Waals surface area (Å²) in [6, 6.07) is 4.38. The zero-order valence-electron chi connectivity index (χ0n) is 9.39. The molecule has 0 aliphatic carbocycles. The summed E-state index contributed by atoms with van der Waals surface area (Å²) in [5.41, 5.74) is 6.52. The first-order chi connectivity index (χ1) is 7.93. The number of sulfonamides is 1. The largest absolute Gasteiger partial charge is 0.399 e. The van der Waals surface area contributed by atoms with Gasteiger partial charge in [0.2, 0.25) is 10.0 Å². The van der Waals surface area contributed by atoms with E-state index in [9.17, 15) is 8.42 Å². The number of nitrogens with one attached hydrogen (secondary N) is 1. The van der Waals surface area contributed by atoms with Gasteiger partial charge in [-0.1, -0.05) is 0 Å². The molecule has 1 aromatic rings. The van der Waals surface area contributed by atoms with E-state index in [1.165, 1.54) is 12.1 Å². The van der Waals surface area contributed by atoms with Gasteiger partial charge in [-0.3, -0.25) is 0 Å². The Labute approximate surface area is 101 Å². The second-order valence-corrected chi connectivity index (χ2v) is 5.25. The highest BCUT2D eigenvalue weighted by atomic mass is 32.2. The van der Waals surface area contributed by atoms with Gasteiger partial charge in [0.15, 0.2) is 0 Å². The fraction of sp³-hybridized carbons (Fsp3) is 0.400. The molecule has 0 heterocycles. The van der Waals surface area contributed by atoms with E-state index in [2.05, 4.69) is 5.32 Å². The number of anilines is 2. The highest BCUT2D eigenvalue weighted by Crippen LogP contribution is 2.19. The molecule has 0 bridgehead atoms. The molecule has 1 aromatic carbocycles. The Morgan fingerprint density at radius 2 is 1.94 bits per heavy atom. The number of nitrogens with two attached hydrogens (primary N) is 2. The normalized spacial score (nSPS) is 11.4. The molecule has 0 amide bonds. The zero-order chi connectivity index (χ0) is 12.9. The number of rotatable bonds is 6. The molecule has 1 rings (SSSR count). The van der Waals surface area contributed by atoms with Crippen molar-refractivity contribution >= 4 is 21.4 Å². The molecule has 6 N–H and O–H groups in total. The number of aliphatic hydroxyl groups excluding tert-OH is 1. The molecule has 0 aromatic heterocycles. The van der Waals surface area contributed by atoms with Crippen LogP contribution in [-0.4, -0.2) is 26.7 Å². The Morgan fingerprint density at radius 1 is 1.24 bits per heavy atom. The monoisotopic (exact) mass is 259 g/mol. The number of unbranched alkanes of at least 4 members (excludes halogenated alkanes) is 1. The van der Waals surface area contributed by atoms with Crippen LogP contribution in [0.3, 0.4) is 0 Å². The van der Waals surface area contributed by atoms with E-state index in [1.54, 1.807) is 6.07 Å². The van der Waals surface area contributed by atoms with Gasteiger partial charge in [-0.2, -0.15) is 0 Å². The van der Waals surface area contributed by atoms with Crippen LogP contribution in [0.15, 0.2) is 23.1 Å². The third-order valence-corrected chi connectivity index (χ3v) is 3.06. The average Bonchev–Trinajstić information content (AvgIpc) is 2.22. The van der Waals surface area contributed by atoms with Gasteiger partial charge in [-0.25, -0.2) is 13.6 Å². The molecule has 17 heavy (non-hydrogen) atoms. The van der Waals surface area contributed by atoms with Crippen LogP contribution < -0.4 is 16.2 Å². The lowest BCUT2D eigenvalue weighted by Gasteiger charge is -2.08. The van der Waals surface area contributed by atoms with Crippen molar-refractivity contribution in [1.29, 1.82) is 0 Å². The van der Waals surface area contributed by atoms with E-state index in [0.29, 0.717) is 24.3 Å². The molecule has 0 saturated heterocycles. The summed E-state index contributed by atoms with van der Waals surface area (Å²) in [7, 11) is -3.74. The summed E-state index contributed by atoms with van der Waals surface area (Å²) in [5.74, 6) is 0. The Morgan fingerprint density at radius 3 is 2.53 bits per heavy atom. The quantitative estimate of drug-likeness (QED) is 0.427. The molecule has 0 aliphatic heterocycles. The molecule has 0 atom stereocenters. The number of hydrogen-bond acceptors (Lipinski definition) is 5. The van der Waals surface area contributed by atoms with Gasteiger partial charge in [0.05, 0.1) is 4.90 Å². The SMILES string of the molecule is Nc1cc(NCCCCO)cc(S(N)(=O)=O)c1. The van der Waals surface area contributed by atoms with E-state index in [4.69, 9.17) is 16.0 Å². The summed E-state index contributed by atoms with van der Waals surface area (Å²) in [6.07, 6.45) is 1.48. The van der Waals surface area contributed by atoms with E-state index in [0.717, 1.165) is 6.42 Å². The van der Waals surface area contributed by atoms with Gasteiger partial charge < -0.3 is 16.2 Å². The minimum atomic E-state index is -3.74. The van der Waals surface area contributed by atoms with Crippen molar-refractivity contribution in [2.24, 2.45) is 5.14 Å². The highest BCUT2D eigenvalue weighted by molar-refractivity contribution is 7.89. The third-order valence-electron chi connectivity index (χ3n) is 2.17. The Kier molecular flexibility index (Phi) is 4.73. The standard InChI is InChI=1S/C10H17N3O3S/c11-8-5-9(13-3-1-2-4-14)7-10(6-8)17(12,15)16/h5-7,13-14H,1-4,11H2,(H2,12,15,16). The van der Waals surface area contributed by atoms with Crippen LogP contribution in [0, 0.1) is 0 Å². The van der Waals surface area contributed by atoms with E-state index < -0.39 is 10.0 Å². The van der Waals surface area contributed by atoms with Gasteiger partial charge in [0.25, 0.3) is 0 Å². The highest BCUT2D eigenvalue weighted by Gasteiger charge is 2.09. The Balaban J connectivity index is 2.77. The number of benzene rings is 1. The topological polar surface area (TPSA) is 118 Å². The van der Waals surface area contributed by atoms with Gasteiger partial charge >= 0.3 is 0 Å². The maximum absolute atomic E-state index is 11.2. The van der Waals surface area contributed by atoms with E-state index in [-0.39, 0.29) is 11.5 Å². The fourth-order valence-electron chi connectivity index (χ4n) is 1.36. The average molecular weight is 259 g/mol. The fourth-order valence-corrected chi connectivity index (χ4v) is 1.95. The van der Waals surface area contributed by atoms with Gasteiger partial charge in [-0.05, 0) is 31.0 Å². The first-order valence-corrected chi connectivity index (χ1v) is 6.76. The van der Waals surface area contributed by atoms with Crippen LogP contribution in [0.2, 0.25) is 0 Å². The number of hydrogen-bond donors (Lipinski definition) is 4. The summed E-state index contributed by atoms with van der Waals surface area (Å²) >= 11 is 0. The minimum absolute atomic E-state index is 0.0119. The summed E-state index contributed by atoms with van der Waals surface area (Å²) in [6.45, 7) is 0.773. The second-order valence-electron chi connectivity index (χ2n) is 3.69. The maximum atomic E-state index is 11.2. The van der Waals surface area contributed by atoms with Crippen LogP contribution in [0.4, 0.5) is 11.4 Å². The first-order valence-electron chi connectivity index (χ1n) is 5.21. The van der Waals surface area contributed by atoms with Crippen LogP contribution in [0.5, 0.6) is 0 Å². The van der Waals surface area contributed by atoms with Crippen molar-refractivity contribution in [3.8, 4) is 0 Å². The molecule has 0 unspecified atom stereocenters. The summed E-state index contributed by atoms with van der Waals surface area (Å²) in [4.78, 5) is -0.0119. The molecule has 96 valence electrons. The number of nitrogen functional groups attached to an aromatic ring is 1. The summed E-state index contributed by atoms with van der Waals surface area (Å²) in [5, 5.41) is 16.7. The van der Waals surface area contributed by atoms with Gasteiger partial charge in [0, 0.05) is 24.5 Å². The first kappa shape index (κ1) is 13.8. The lowest BCUT2D eigenvalue weighted by atomic mass is 10.2. The van der Waals surface area contributed by atoms with Gasteiger partial charge in [0.1, 0.15) is 0 Å². The lowest BCUT2D eigenvalue weighted by molar-refractivity contribution is 0.286. The maximum Gasteiger partial charge on any atom is 0.238 e. The molecule has 7 heteroatoms. The second kappa shape index (κ2) is 5.85. The Bertz CT molecular complexity index is 474. The van der Waals surface area contributed by atoms with E-state index >= 15 is 0 Å². The predicted molar refractivity (Wildman–Crippen MR) is 67.0 cm³/mol. The van der Waals surface area contributed by atoms with Crippen molar-refractivity contribution in [3.05, 3.63) is 18.2 Å². The smallest absolute Gasteiger partial charge is 0.238 e. The molecule has 0 aliphatic rings. The van der Waals surface area contributed by atoms with Crippen molar-refractivity contribution < 1.29 is 13.5 Å². The number of aliphatic hydroxyl groups is 1.